The van der Waals surface area contributed by atoms with Gasteiger partial charge in [0.2, 0.25) is 11.6 Å². The fourth-order valence-corrected chi connectivity index (χ4v) is 1.88. The first-order valence-corrected chi connectivity index (χ1v) is 7.39. The monoisotopic (exact) mass is 368 g/mol. The lowest BCUT2D eigenvalue weighted by molar-refractivity contribution is -0.137. The molecule has 0 spiro atoms. The molecule has 0 unspecified atom stereocenters. The number of carbonyl (C=O) groups is 1. The summed E-state index contributed by atoms with van der Waals surface area (Å²) in [5.74, 6) is 4.46. The minimum atomic E-state index is -4.39. The third-order valence-corrected chi connectivity index (χ3v) is 3.12. The van der Waals surface area contributed by atoms with Crippen LogP contribution < -0.4 is 5.73 Å². The number of carbonyl (C=O) groups excluding carboxylic acids is 1. The predicted octanol–water partition coefficient (Wildman–Crippen LogP) is 0.956. The van der Waals surface area contributed by atoms with Gasteiger partial charge in [0.05, 0.1) is 18.8 Å². The Morgan fingerprint density at radius 2 is 2.00 bits per heavy atom. The molecule has 7 nitrogen and oxygen atoms in total. The number of primary amides is 1. The molecule has 0 atom stereocenters. The van der Waals surface area contributed by atoms with E-state index in [0.29, 0.717) is 5.56 Å². The molecule has 0 saturated carbocycles. The maximum absolute atomic E-state index is 12.5. The number of hydrogen-bond donors (Lipinski definition) is 2. The minimum absolute atomic E-state index is 0.0597. The highest BCUT2D eigenvalue weighted by molar-refractivity contribution is 5.88. The van der Waals surface area contributed by atoms with Crippen molar-refractivity contribution in [2.75, 3.05) is 13.2 Å². The fourth-order valence-electron chi connectivity index (χ4n) is 1.88. The summed E-state index contributed by atoms with van der Waals surface area (Å²) in [7, 11) is 0. The summed E-state index contributed by atoms with van der Waals surface area (Å²) in [5, 5.41) is 12.5. The standard InChI is InChI=1S/C16H15F3N4O3/c17-16(18,19)12-6-4-11(5-7-12)2-1-3-13-21-15(14(20)25)22-23(13)10-26-9-8-24/h4-7,24H,2,8-10H2,(H2,20,25). The normalized spacial score (nSPS) is 11.1. The summed E-state index contributed by atoms with van der Waals surface area (Å²) in [6.07, 6.45) is -4.21. The molecule has 10 heteroatoms. The van der Waals surface area contributed by atoms with Gasteiger partial charge >= 0.3 is 6.18 Å². The van der Waals surface area contributed by atoms with Gasteiger partial charge in [-0.05, 0) is 23.6 Å². The molecular weight excluding hydrogens is 353 g/mol. The predicted molar refractivity (Wildman–Crippen MR) is 83.6 cm³/mol. The van der Waals surface area contributed by atoms with Gasteiger partial charge < -0.3 is 15.6 Å². The molecular formula is C16H15F3N4O3. The molecule has 0 saturated heterocycles. The smallest absolute Gasteiger partial charge is 0.394 e. The third-order valence-electron chi connectivity index (χ3n) is 3.12. The molecule has 3 N–H and O–H groups in total. The Morgan fingerprint density at radius 1 is 1.31 bits per heavy atom. The number of amides is 1. The topological polar surface area (TPSA) is 103 Å². The third kappa shape index (κ3) is 5.30. The Balaban J connectivity index is 2.11. The second kappa shape index (κ2) is 8.46. The number of aliphatic hydroxyl groups excluding tert-OH is 1. The van der Waals surface area contributed by atoms with Crippen molar-refractivity contribution in [2.24, 2.45) is 5.73 Å². The summed E-state index contributed by atoms with van der Waals surface area (Å²) in [4.78, 5) is 15.0. The van der Waals surface area contributed by atoms with Crippen molar-refractivity contribution in [3.05, 3.63) is 47.0 Å². The summed E-state index contributed by atoms with van der Waals surface area (Å²) in [6, 6.07) is 4.63. The van der Waals surface area contributed by atoms with Crippen LogP contribution in [0.3, 0.4) is 0 Å². The van der Waals surface area contributed by atoms with Crippen LogP contribution in [0.5, 0.6) is 0 Å². The van der Waals surface area contributed by atoms with E-state index in [4.69, 9.17) is 15.6 Å². The van der Waals surface area contributed by atoms with Crippen LogP contribution >= 0.6 is 0 Å². The first-order valence-electron chi connectivity index (χ1n) is 7.39. The molecule has 1 amide bonds. The zero-order chi connectivity index (χ0) is 19.2. The SMILES string of the molecule is NC(=O)c1nc(C#CCc2ccc(C(F)(F)F)cc2)n(COCCO)n1. The van der Waals surface area contributed by atoms with E-state index < -0.39 is 17.6 Å². The lowest BCUT2D eigenvalue weighted by atomic mass is 10.1. The van der Waals surface area contributed by atoms with Crippen LogP contribution in [0, 0.1) is 11.8 Å². The zero-order valence-corrected chi connectivity index (χ0v) is 13.5. The van der Waals surface area contributed by atoms with Gasteiger partial charge in [-0.15, -0.1) is 5.10 Å². The number of aliphatic hydroxyl groups is 1. The van der Waals surface area contributed by atoms with Crippen LogP contribution in [0.4, 0.5) is 13.2 Å². The molecule has 1 heterocycles. The average Bonchev–Trinajstić information content (AvgIpc) is 2.98. The largest absolute Gasteiger partial charge is 0.416 e. The molecule has 138 valence electrons. The highest BCUT2D eigenvalue weighted by Crippen LogP contribution is 2.29. The average molecular weight is 368 g/mol. The number of alkyl halides is 3. The quantitative estimate of drug-likeness (QED) is 0.584. The van der Waals surface area contributed by atoms with Gasteiger partial charge in [0.25, 0.3) is 5.91 Å². The molecule has 1 aromatic heterocycles. The molecule has 26 heavy (non-hydrogen) atoms. The van der Waals surface area contributed by atoms with Crippen LogP contribution in [0.25, 0.3) is 0 Å². The number of rotatable bonds is 6. The molecule has 2 aromatic rings. The summed E-state index contributed by atoms with van der Waals surface area (Å²) in [5.41, 5.74) is 4.97. The molecule has 0 aliphatic rings. The fraction of sp³-hybridized carbons (Fsp3) is 0.312. The summed E-state index contributed by atoms with van der Waals surface area (Å²) < 4.78 is 43.9. The maximum atomic E-state index is 12.5. The Morgan fingerprint density at radius 3 is 2.58 bits per heavy atom. The van der Waals surface area contributed by atoms with Gasteiger partial charge in [0.1, 0.15) is 6.73 Å². The van der Waals surface area contributed by atoms with Crippen molar-refractivity contribution >= 4 is 5.91 Å². The van der Waals surface area contributed by atoms with Crippen molar-refractivity contribution in [2.45, 2.75) is 19.3 Å². The van der Waals surface area contributed by atoms with E-state index in [1.165, 1.54) is 16.8 Å². The Labute approximate surface area is 146 Å². The summed E-state index contributed by atoms with van der Waals surface area (Å²) in [6.45, 7) is -0.221. The van der Waals surface area contributed by atoms with Crippen molar-refractivity contribution in [3.63, 3.8) is 0 Å². The van der Waals surface area contributed by atoms with Gasteiger partial charge in [-0.2, -0.15) is 18.2 Å². The molecule has 0 aliphatic carbocycles. The van der Waals surface area contributed by atoms with E-state index >= 15 is 0 Å². The number of nitrogens with zero attached hydrogens (tertiary/aromatic N) is 3. The number of benzene rings is 1. The van der Waals surface area contributed by atoms with Crippen molar-refractivity contribution in [1.82, 2.24) is 14.8 Å². The van der Waals surface area contributed by atoms with E-state index in [-0.39, 0.29) is 38.0 Å². The van der Waals surface area contributed by atoms with E-state index in [9.17, 15) is 18.0 Å². The van der Waals surface area contributed by atoms with Gasteiger partial charge in [0.15, 0.2) is 0 Å². The molecule has 0 fully saturated rings. The first kappa shape index (κ1) is 19.4. The highest BCUT2D eigenvalue weighted by Gasteiger charge is 2.29. The molecule has 2 rings (SSSR count). The van der Waals surface area contributed by atoms with E-state index in [1.54, 1.807) is 0 Å². The van der Waals surface area contributed by atoms with Crippen LogP contribution in [-0.4, -0.2) is 39.0 Å². The van der Waals surface area contributed by atoms with Gasteiger partial charge in [-0.1, -0.05) is 18.1 Å². The van der Waals surface area contributed by atoms with Gasteiger partial charge in [-0.25, -0.2) is 4.68 Å². The molecule has 0 radical (unpaired) electrons. The van der Waals surface area contributed by atoms with Crippen molar-refractivity contribution in [3.8, 4) is 11.8 Å². The van der Waals surface area contributed by atoms with Crippen LogP contribution in [0.15, 0.2) is 24.3 Å². The Kier molecular flexibility index (Phi) is 6.32. The molecule has 1 aromatic carbocycles. The maximum Gasteiger partial charge on any atom is 0.416 e. The van der Waals surface area contributed by atoms with Crippen LogP contribution in [0.2, 0.25) is 0 Å². The second-order valence-corrected chi connectivity index (χ2v) is 5.06. The Hall–Kier alpha value is -2.90. The molecule has 0 bridgehead atoms. The van der Waals surface area contributed by atoms with Crippen molar-refractivity contribution in [1.29, 1.82) is 0 Å². The van der Waals surface area contributed by atoms with E-state index in [1.807, 2.05) is 0 Å². The zero-order valence-electron chi connectivity index (χ0n) is 13.5. The van der Waals surface area contributed by atoms with Crippen LogP contribution in [0.1, 0.15) is 27.6 Å². The Bertz CT molecular complexity index is 820. The van der Waals surface area contributed by atoms with Crippen molar-refractivity contribution < 1.29 is 27.8 Å². The minimum Gasteiger partial charge on any atom is -0.394 e. The summed E-state index contributed by atoms with van der Waals surface area (Å²) >= 11 is 0. The highest BCUT2D eigenvalue weighted by atomic mass is 19.4. The number of ether oxygens (including phenoxy) is 1. The van der Waals surface area contributed by atoms with Crippen LogP contribution in [-0.2, 0) is 24.1 Å². The number of hydrogen-bond acceptors (Lipinski definition) is 5. The van der Waals surface area contributed by atoms with E-state index in [0.717, 1.165) is 12.1 Å². The molecule has 0 aliphatic heterocycles. The lowest BCUT2D eigenvalue weighted by Gasteiger charge is -2.06. The number of nitrogens with two attached hydrogens (primary N) is 1. The van der Waals surface area contributed by atoms with E-state index in [2.05, 4.69) is 21.9 Å². The first-order chi connectivity index (χ1) is 12.3. The number of halogens is 3. The second-order valence-electron chi connectivity index (χ2n) is 5.06. The number of aromatic nitrogens is 3. The van der Waals surface area contributed by atoms with Gasteiger partial charge in [-0.3, -0.25) is 4.79 Å². The van der Waals surface area contributed by atoms with Gasteiger partial charge in [0, 0.05) is 6.42 Å². The lowest BCUT2D eigenvalue weighted by Crippen LogP contribution is -2.14.